The lowest BCUT2D eigenvalue weighted by molar-refractivity contribution is -0.133. The van der Waals surface area contributed by atoms with Gasteiger partial charge in [-0.2, -0.15) is 5.10 Å². The zero-order chi connectivity index (χ0) is 15.1. The van der Waals surface area contributed by atoms with Gasteiger partial charge in [0, 0.05) is 0 Å². The highest BCUT2D eigenvalue weighted by molar-refractivity contribution is 6.47. The van der Waals surface area contributed by atoms with Crippen LogP contribution in [0.3, 0.4) is 0 Å². The zero-order valence-electron chi connectivity index (χ0n) is 10.9. The van der Waals surface area contributed by atoms with Gasteiger partial charge < -0.3 is 4.74 Å². The largest absolute Gasteiger partial charge is 0.464 e. The minimum atomic E-state index is -0.985. The first-order valence-corrected chi connectivity index (χ1v) is 6.48. The number of carbonyl (C=O) groups is 3. The SMILES string of the molecule is COC(=O)C1=NN[C@@H]2C(=O)N(c3ccccc3Cl)C(=O)[C@H]12. The van der Waals surface area contributed by atoms with Gasteiger partial charge >= 0.3 is 5.97 Å². The standard InChI is InChI=1S/C13H10ClN3O4/c1-21-13(20)10-8-9(15-16-10)12(19)17(11(8)18)7-5-3-2-4-6(7)14/h2-5,8-9,15H,1H3/t8-,9-/m0/s1. The van der Waals surface area contributed by atoms with Crippen molar-refractivity contribution in [1.29, 1.82) is 0 Å². The van der Waals surface area contributed by atoms with Crippen LogP contribution in [0.15, 0.2) is 29.4 Å². The Hall–Kier alpha value is -2.41. The fourth-order valence-electron chi connectivity index (χ4n) is 2.43. The maximum atomic E-state index is 12.5. The van der Waals surface area contributed by atoms with Gasteiger partial charge in [0.2, 0.25) is 5.91 Å². The van der Waals surface area contributed by atoms with Crippen LogP contribution in [0.2, 0.25) is 5.02 Å². The van der Waals surface area contributed by atoms with Crippen molar-refractivity contribution >= 4 is 40.8 Å². The molecular formula is C13H10ClN3O4. The van der Waals surface area contributed by atoms with Crippen molar-refractivity contribution in [2.75, 3.05) is 12.0 Å². The summed E-state index contributed by atoms with van der Waals surface area (Å²) in [5.74, 6) is -2.77. The summed E-state index contributed by atoms with van der Waals surface area (Å²) in [6.07, 6.45) is 0. The Kier molecular flexibility index (Phi) is 3.13. The van der Waals surface area contributed by atoms with Gasteiger partial charge in [0.15, 0.2) is 5.71 Å². The number of ether oxygens (including phenoxy) is 1. The van der Waals surface area contributed by atoms with Gasteiger partial charge in [-0.05, 0) is 12.1 Å². The highest BCUT2D eigenvalue weighted by Gasteiger charge is 2.55. The topological polar surface area (TPSA) is 88.1 Å². The lowest BCUT2D eigenvalue weighted by Crippen LogP contribution is -2.36. The van der Waals surface area contributed by atoms with Gasteiger partial charge in [0.05, 0.1) is 17.8 Å². The average molecular weight is 308 g/mol. The molecule has 2 aliphatic rings. The number of imide groups is 1. The van der Waals surface area contributed by atoms with Crippen molar-refractivity contribution in [3.63, 3.8) is 0 Å². The Morgan fingerprint density at radius 3 is 2.71 bits per heavy atom. The Labute approximate surface area is 124 Å². The van der Waals surface area contributed by atoms with Crippen LogP contribution in [0.5, 0.6) is 0 Å². The van der Waals surface area contributed by atoms with Crippen LogP contribution in [0.4, 0.5) is 5.69 Å². The first-order valence-electron chi connectivity index (χ1n) is 6.10. The minimum Gasteiger partial charge on any atom is -0.464 e. The second kappa shape index (κ2) is 4.85. The predicted molar refractivity (Wildman–Crippen MR) is 73.8 cm³/mol. The van der Waals surface area contributed by atoms with E-state index in [1.807, 2.05) is 0 Å². The molecule has 3 rings (SSSR count). The van der Waals surface area contributed by atoms with Gasteiger partial charge in [-0.3, -0.25) is 15.0 Å². The minimum absolute atomic E-state index is 0.101. The summed E-state index contributed by atoms with van der Waals surface area (Å²) in [6.45, 7) is 0. The molecule has 0 aromatic heterocycles. The van der Waals surface area contributed by atoms with E-state index in [9.17, 15) is 14.4 Å². The van der Waals surface area contributed by atoms with E-state index in [-0.39, 0.29) is 16.4 Å². The molecule has 1 fully saturated rings. The number of nitrogens with one attached hydrogen (secondary N) is 1. The third kappa shape index (κ3) is 1.89. The van der Waals surface area contributed by atoms with E-state index in [0.717, 1.165) is 4.90 Å². The first-order chi connectivity index (χ1) is 10.1. The molecular weight excluding hydrogens is 298 g/mol. The number of hydrazone groups is 1. The fraction of sp³-hybridized carbons (Fsp3) is 0.231. The van der Waals surface area contributed by atoms with Gasteiger partial charge in [-0.25, -0.2) is 9.69 Å². The molecule has 8 heteroatoms. The molecule has 0 saturated carbocycles. The first kappa shape index (κ1) is 13.6. The molecule has 2 atom stereocenters. The second-order valence-corrected chi connectivity index (χ2v) is 4.94. The number of benzene rings is 1. The van der Waals surface area contributed by atoms with Crippen LogP contribution in [0.1, 0.15) is 0 Å². The third-order valence-electron chi connectivity index (χ3n) is 3.41. The predicted octanol–water partition coefficient (Wildman–Crippen LogP) is 0.330. The summed E-state index contributed by atoms with van der Waals surface area (Å²) >= 11 is 6.03. The quantitative estimate of drug-likeness (QED) is 0.628. The van der Waals surface area contributed by atoms with Gasteiger partial charge in [0.25, 0.3) is 5.91 Å². The molecule has 0 radical (unpaired) electrons. The Morgan fingerprint density at radius 1 is 1.33 bits per heavy atom. The number of halogens is 1. The van der Waals surface area contributed by atoms with Crippen molar-refractivity contribution in [2.45, 2.75) is 6.04 Å². The van der Waals surface area contributed by atoms with Gasteiger partial charge in [0.1, 0.15) is 12.0 Å². The third-order valence-corrected chi connectivity index (χ3v) is 3.73. The van der Waals surface area contributed by atoms with Gasteiger partial charge in [-0.1, -0.05) is 23.7 Å². The average Bonchev–Trinajstić information content (AvgIpc) is 3.01. The smallest absolute Gasteiger partial charge is 0.355 e. The molecule has 108 valence electrons. The molecule has 21 heavy (non-hydrogen) atoms. The number of esters is 1. The molecule has 7 nitrogen and oxygen atoms in total. The number of amides is 2. The van der Waals surface area contributed by atoms with Crippen molar-refractivity contribution in [2.24, 2.45) is 11.0 Å². The van der Waals surface area contributed by atoms with Gasteiger partial charge in [-0.15, -0.1) is 0 Å². The van der Waals surface area contributed by atoms with Crippen LogP contribution in [0, 0.1) is 5.92 Å². The highest BCUT2D eigenvalue weighted by atomic mass is 35.5. The molecule has 2 heterocycles. The molecule has 1 aromatic rings. The molecule has 1 saturated heterocycles. The Balaban J connectivity index is 2.00. The van der Waals surface area contributed by atoms with Crippen LogP contribution < -0.4 is 10.3 Å². The van der Waals surface area contributed by atoms with Crippen molar-refractivity contribution < 1.29 is 19.1 Å². The monoisotopic (exact) mass is 307 g/mol. The number of para-hydroxylation sites is 1. The van der Waals surface area contributed by atoms with Crippen LogP contribution in [-0.2, 0) is 19.1 Å². The van der Waals surface area contributed by atoms with E-state index >= 15 is 0 Å². The summed E-state index contributed by atoms with van der Waals surface area (Å²) < 4.78 is 4.57. The molecule has 2 amide bonds. The Morgan fingerprint density at radius 2 is 2.05 bits per heavy atom. The van der Waals surface area contributed by atoms with E-state index < -0.39 is 29.7 Å². The normalized spacial score (nSPS) is 23.7. The lowest BCUT2D eigenvalue weighted by atomic mass is 9.99. The number of methoxy groups -OCH3 is 1. The molecule has 0 aliphatic carbocycles. The number of rotatable bonds is 2. The number of fused-ring (bicyclic) bond motifs is 1. The van der Waals surface area contributed by atoms with Crippen molar-refractivity contribution in [3.05, 3.63) is 29.3 Å². The summed E-state index contributed by atoms with van der Waals surface area (Å²) in [5, 5.41) is 4.01. The second-order valence-electron chi connectivity index (χ2n) is 4.54. The molecule has 2 aliphatic heterocycles. The number of anilines is 1. The van der Waals surface area contributed by atoms with Crippen molar-refractivity contribution in [1.82, 2.24) is 5.43 Å². The number of nitrogens with zero attached hydrogens (tertiary/aromatic N) is 2. The van der Waals surface area contributed by atoms with E-state index in [1.165, 1.54) is 7.11 Å². The van der Waals surface area contributed by atoms with E-state index in [0.29, 0.717) is 0 Å². The molecule has 1 aromatic carbocycles. The maximum absolute atomic E-state index is 12.5. The molecule has 1 N–H and O–H groups in total. The molecule has 0 bridgehead atoms. The molecule has 0 unspecified atom stereocenters. The number of carbonyl (C=O) groups excluding carboxylic acids is 3. The van der Waals surface area contributed by atoms with Crippen LogP contribution in [-0.4, -0.2) is 36.6 Å². The van der Waals surface area contributed by atoms with Crippen LogP contribution >= 0.6 is 11.6 Å². The van der Waals surface area contributed by atoms with E-state index in [2.05, 4.69) is 15.3 Å². The summed E-state index contributed by atoms with van der Waals surface area (Å²) in [5.41, 5.74) is 2.70. The summed E-state index contributed by atoms with van der Waals surface area (Å²) in [6, 6.07) is 5.60. The fourth-order valence-corrected chi connectivity index (χ4v) is 2.65. The van der Waals surface area contributed by atoms with Crippen molar-refractivity contribution in [3.8, 4) is 0 Å². The van der Waals surface area contributed by atoms with E-state index in [1.54, 1.807) is 24.3 Å². The van der Waals surface area contributed by atoms with Crippen LogP contribution in [0.25, 0.3) is 0 Å². The maximum Gasteiger partial charge on any atom is 0.355 e. The Bertz CT molecular complexity index is 688. The summed E-state index contributed by atoms with van der Waals surface area (Å²) in [7, 11) is 1.19. The lowest BCUT2D eigenvalue weighted by Gasteiger charge is -2.16. The van der Waals surface area contributed by atoms with E-state index in [4.69, 9.17) is 11.6 Å². The number of hydrogen-bond donors (Lipinski definition) is 1. The summed E-state index contributed by atoms with van der Waals surface area (Å²) in [4.78, 5) is 37.5. The number of hydrogen-bond acceptors (Lipinski definition) is 6. The molecule has 0 spiro atoms. The zero-order valence-corrected chi connectivity index (χ0v) is 11.6. The highest BCUT2D eigenvalue weighted by Crippen LogP contribution is 2.34.